The van der Waals surface area contributed by atoms with Crippen molar-refractivity contribution in [3.8, 4) is 22.9 Å². The van der Waals surface area contributed by atoms with E-state index in [2.05, 4.69) is 9.97 Å². The molecule has 100 valence electrons. The minimum atomic E-state index is 0.327. The number of methoxy groups -OCH3 is 2. The summed E-state index contributed by atoms with van der Waals surface area (Å²) < 4.78 is 10.4. The molecule has 0 aliphatic heterocycles. The van der Waals surface area contributed by atoms with E-state index >= 15 is 0 Å². The summed E-state index contributed by atoms with van der Waals surface area (Å²) in [6, 6.07) is 5.35. The smallest absolute Gasteiger partial charge is 0.166 e. The monoisotopic (exact) mass is 298 g/mol. The molecular weight excluding hydrogens is 287 g/mol. The van der Waals surface area contributed by atoms with Gasteiger partial charge in [0.05, 0.1) is 19.8 Å². The van der Waals surface area contributed by atoms with Gasteiger partial charge in [-0.3, -0.25) is 0 Å². The van der Waals surface area contributed by atoms with Gasteiger partial charge in [-0.1, -0.05) is 23.2 Å². The van der Waals surface area contributed by atoms with E-state index in [-0.39, 0.29) is 0 Å². The topological polar surface area (TPSA) is 44.2 Å². The van der Waals surface area contributed by atoms with Crippen molar-refractivity contribution in [2.24, 2.45) is 0 Å². The van der Waals surface area contributed by atoms with E-state index in [1.807, 2.05) is 0 Å². The summed E-state index contributed by atoms with van der Waals surface area (Å²) in [5, 5.41) is 0.653. The third-order valence-electron chi connectivity index (χ3n) is 2.68. The fraction of sp³-hybridized carbons (Fsp3) is 0.231. The highest BCUT2D eigenvalue weighted by Crippen LogP contribution is 2.33. The van der Waals surface area contributed by atoms with Gasteiger partial charge < -0.3 is 9.47 Å². The first-order chi connectivity index (χ1) is 9.06. The largest absolute Gasteiger partial charge is 0.497 e. The molecule has 19 heavy (non-hydrogen) atoms. The molecule has 1 heterocycles. The second-order valence-electron chi connectivity index (χ2n) is 3.82. The van der Waals surface area contributed by atoms with Crippen LogP contribution in [-0.2, 0) is 0 Å². The first-order valence-corrected chi connectivity index (χ1v) is 6.24. The van der Waals surface area contributed by atoms with Gasteiger partial charge in [0.2, 0.25) is 0 Å². The van der Waals surface area contributed by atoms with Crippen molar-refractivity contribution in [1.29, 1.82) is 0 Å². The Morgan fingerprint density at radius 3 is 2.16 bits per heavy atom. The highest BCUT2D eigenvalue weighted by Gasteiger charge is 2.14. The molecule has 0 saturated carbocycles. The highest BCUT2D eigenvalue weighted by atomic mass is 35.5. The Hall–Kier alpha value is -1.52. The fourth-order valence-electron chi connectivity index (χ4n) is 1.57. The van der Waals surface area contributed by atoms with Crippen molar-refractivity contribution >= 4 is 23.2 Å². The normalized spacial score (nSPS) is 10.4. The molecule has 0 saturated heterocycles. The lowest BCUT2D eigenvalue weighted by Gasteiger charge is -2.10. The van der Waals surface area contributed by atoms with Crippen LogP contribution in [0.5, 0.6) is 11.5 Å². The molecule has 1 aromatic heterocycles. The van der Waals surface area contributed by atoms with Crippen molar-refractivity contribution in [3.63, 3.8) is 0 Å². The summed E-state index contributed by atoms with van der Waals surface area (Å²) in [5.41, 5.74) is 1.35. The summed E-state index contributed by atoms with van der Waals surface area (Å²) in [4.78, 5) is 8.43. The van der Waals surface area contributed by atoms with E-state index in [9.17, 15) is 0 Å². The molecule has 0 fully saturated rings. The maximum Gasteiger partial charge on any atom is 0.166 e. The van der Waals surface area contributed by atoms with Crippen LogP contribution >= 0.6 is 23.2 Å². The lowest BCUT2D eigenvalue weighted by Crippen LogP contribution is -1.97. The van der Waals surface area contributed by atoms with Crippen molar-refractivity contribution < 1.29 is 9.47 Å². The third-order valence-corrected chi connectivity index (χ3v) is 3.41. The van der Waals surface area contributed by atoms with E-state index in [1.165, 1.54) is 0 Å². The van der Waals surface area contributed by atoms with Crippen LogP contribution in [0.2, 0.25) is 10.3 Å². The minimum absolute atomic E-state index is 0.327. The summed E-state index contributed by atoms with van der Waals surface area (Å²) in [6.07, 6.45) is 0. The molecule has 0 aliphatic carbocycles. The standard InChI is InChI=1S/C13H12Cl2N2O2/c1-7-11(14)16-13(17-12(7)15)9-5-4-8(18-2)6-10(9)19-3/h4-6H,1-3H3. The molecule has 0 aliphatic rings. The van der Waals surface area contributed by atoms with E-state index in [4.69, 9.17) is 32.7 Å². The average Bonchev–Trinajstić information content (AvgIpc) is 2.43. The van der Waals surface area contributed by atoms with Crippen LogP contribution < -0.4 is 9.47 Å². The Morgan fingerprint density at radius 2 is 1.63 bits per heavy atom. The summed E-state index contributed by atoms with van der Waals surface area (Å²) in [5.74, 6) is 1.69. The molecule has 0 unspecified atom stereocenters. The summed E-state index contributed by atoms with van der Waals surface area (Å²) >= 11 is 12.0. The van der Waals surface area contributed by atoms with Gasteiger partial charge in [0.1, 0.15) is 21.8 Å². The molecule has 0 amide bonds. The molecule has 2 aromatic rings. The Kier molecular flexibility index (Phi) is 4.12. The van der Waals surface area contributed by atoms with Gasteiger partial charge in [-0.15, -0.1) is 0 Å². The van der Waals surface area contributed by atoms with Gasteiger partial charge in [-0.2, -0.15) is 0 Å². The number of rotatable bonds is 3. The van der Waals surface area contributed by atoms with Gasteiger partial charge in [0.15, 0.2) is 5.82 Å². The van der Waals surface area contributed by atoms with E-state index in [1.54, 1.807) is 39.3 Å². The van der Waals surface area contributed by atoms with Crippen LogP contribution in [0.1, 0.15) is 5.56 Å². The number of halogens is 2. The quantitative estimate of drug-likeness (QED) is 0.809. The van der Waals surface area contributed by atoms with Crippen molar-refractivity contribution in [2.75, 3.05) is 14.2 Å². The fourth-order valence-corrected chi connectivity index (χ4v) is 1.95. The number of hydrogen-bond donors (Lipinski definition) is 0. The van der Waals surface area contributed by atoms with Crippen LogP contribution in [0.15, 0.2) is 18.2 Å². The Morgan fingerprint density at radius 1 is 1.00 bits per heavy atom. The first kappa shape index (κ1) is 13.9. The molecule has 0 atom stereocenters. The summed E-state index contributed by atoms with van der Waals surface area (Å²) in [6.45, 7) is 1.76. The van der Waals surface area contributed by atoms with E-state index in [0.717, 1.165) is 0 Å². The predicted octanol–water partition coefficient (Wildman–Crippen LogP) is 3.78. The minimum Gasteiger partial charge on any atom is -0.497 e. The Balaban J connectivity index is 2.58. The molecule has 0 radical (unpaired) electrons. The van der Waals surface area contributed by atoms with Crippen LogP contribution in [0.3, 0.4) is 0 Å². The molecule has 0 N–H and O–H groups in total. The Labute approximate surface area is 121 Å². The van der Waals surface area contributed by atoms with Gasteiger partial charge in [0.25, 0.3) is 0 Å². The third kappa shape index (κ3) is 2.74. The molecule has 1 aromatic carbocycles. The van der Waals surface area contributed by atoms with Gasteiger partial charge in [0, 0.05) is 11.6 Å². The predicted molar refractivity (Wildman–Crippen MR) is 75.3 cm³/mol. The molecule has 6 heteroatoms. The number of ether oxygens (including phenoxy) is 2. The first-order valence-electron chi connectivity index (χ1n) is 5.49. The molecular formula is C13H12Cl2N2O2. The molecule has 0 spiro atoms. The maximum absolute atomic E-state index is 6.02. The van der Waals surface area contributed by atoms with Crippen molar-refractivity contribution in [2.45, 2.75) is 6.92 Å². The van der Waals surface area contributed by atoms with Crippen LogP contribution in [0, 0.1) is 6.92 Å². The second-order valence-corrected chi connectivity index (χ2v) is 4.54. The van der Waals surface area contributed by atoms with Crippen LogP contribution in [-0.4, -0.2) is 24.2 Å². The summed E-state index contributed by atoms with van der Waals surface area (Å²) in [7, 11) is 3.15. The lowest BCUT2D eigenvalue weighted by atomic mass is 10.1. The number of benzene rings is 1. The second kappa shape index (κ2) is 5.63. The zero-order valence-electron chi connectivity index (χ0n) is 10.7. The van der Waals surface area contributed by atoms with Crippen molar-refractivity contribution in [3.05, 3.63) is 34.1 Å². The maximum atomic E-state index is 6.02. The van der Waals surface area contributed by atoms with E-state index in [0.29, 0.717) is 38.8 Å². The van der Waals surface area contributed by atoms with Gasteiger partial charge >= 0.3 is 0 Å². The van der Waals surface area contributed by atoms with Gasteiger partial charge in [-0.05, 0) is 19.1 Å². The lowest BCUT2D eigenvalue weighted by molar-refractivity contribution is 0.395. The molecule has 0 bridgehead atoms. The van der Waals surface area contributed by atoms with Crippen LogP contribution in [0.4, 0.5) is 0 Å². The number of nitrogens with zero attached hydrogens (tertiary/aromatic N) is 2. The molecule has 4 nitrogen and oxygen atoms in total. The van der Waals surface area contributed by atoms with Gasteiger partial charge in [-0.25, -0.2) is 9.97 Å². The van der Waals surface area contributed by atoms with E-state index < -0.39 is 0 Å². The average molecular weight is 299 g/mol. The molecule has 2 rings (SSSR count). The highest BCUT2D eigenvalue weighted by molar-refractivity contribution is 6.34. The van der Waals surface area contributed by atoms with Crippen molar-refractivity contribution in [1.82, 2.24) is 9.97 Å². The zero-order valence-corrected chi connectivity index (χ0v) is 12.2. The number of hydrogen-bond acceptors (Lipinski definition) is 4. The number of aromatic nitrogens is 2. The Bertz CT molecular complexity index is 595. The zero-order chi connectivity index (χ0) is 14.0. The van der Waals surface area contributed by atoms with Crippen LogP contribution in [0.25, 0.3) is 11.4 Å². The SMILES string of the molecule is COc1ccc(-c2nc(Cl)c(C)c(Cl)n2)c(OC)c1.